The van der Waals surface area contributed by atoms with Gasteiger partial charge in [0.2, 0.25) is 11.3 Å². The summed E-state index contributed by atoms with van der Waals surface area (Å²) in [5, 5.41) is 12.9. The molecule has 2 aromatic rings. The number of hydrogen-bond donors (Lipinski definition) is 0. The van der Waals surface area contributed by atoms with Gasteiger partial charge in [0.15, 0.2) is 5.69 Å². The van der Waals surface area contributed by atoms with Crippen molar-refractivity contribution in [2.75, 3.05) is 0 Å². The largest absolute Gasteiger partial charge is 0.618 e. The van der Waals surface area contributed by atoms with E-state index in [1.54, 1.807) is 13.8 Å². The van der Waals surface area contributed by atoms with Gasteiger partial charge in [-0.25, -0.2) is 4.98 Å². The first-order chi connectivity index (χ1) is 10.7. The Kier molecular flexibility index (Phi) is 5.06. The van der Waals surface area contributed by atoms with Gasteiger partial charge in [-0.2, -0.15) is 4.73 Å². The number of esters is 1. The molecule has 0 unspecified atom stereocenters. The predicted molar refractivity (Wildman–Crippen MR) is 85.4 cm³/mol. The summed E-state index contributed by atoms with van der Waals surface area (Å²) in [6, 6.07) is 2.76. The number of Topliss-reactive ketones (excluding diaryl/α,β-unsaturated/α-hetero) is 1. The van der Waals surface area contributed by atoms with E-state index >= 15 is 0 Å². The molecule has 23 heavy (non-hydrogen) atoms. The molecule has 0 radical (unpaired) electrons. The molecule has 0 aliphatic heterocycles. The number of rotatable bonds is 4. The Morgan fingerprint density at radius 2 is 1.91 bits per heavy atom. The van der Waals surface area contributed by atoms with E-state index in [1.165, 1.54) is 19.1 Å². The van der Waals surface area contributed by atoms with Gasteiger partial charge in [-0.15, -0.1) is 0 Å². The van der Waals surface area contributed by atoms with Crippen molar-refractivity contribution < 1.29 is 19.1 Å². The molecule has 0 bridgehead atoms. The number of aromatic nitrogens is 2. The summed E-state index contributed by atoms with van der Waals surface area (Å²) in [6.07, 6.45) is 0. The van der Waals surface area contributed by atoms with Gasteiger partial charge in [0.1, 0.15) is 12.1 Å². The van der Waals surface area contributed by atoms with Crippen LogP contribution in [0.5, 0.6) is 0 Å². The molecule has 0 saturated heterocycles. The van der Waals surface area contributed by atoms with Gasteiger partial charge in [0.05, 0.1) is 16.0 Å². The molecule has 1 heterocycles. The average Bonchev–Trinajstić information content (AvgIpc) is 2.46. The molecular weight excluding hydrogens is 343 g/mol. The lowest BCUT2D eigenvalue weighted by molar-refractivity contribution is -0.580. The van der Waals surface area contributed by atoms with E-state index in [-0.39, 0.29) is 45.0 Å². The first kappa shape index (κ1) is 17.4. The molecule has 2 rings (SSSR count). The standard InChI is InChI=1S/C15H14Cl2N2O4/c1-7(2)15(21)23-6-12-14(8(3)20)19(22)13-5-10(17)9(16)4-11(13)18-12/h4-5,7H,6H2,1-3H3. The lowest BCUT2D eigenvalue weighted by Crippen LogP contribution is -2.37. The summed E-state index contributed by atoms with van der Waals surface area (Å²) in [6.45, 7) is 4.32. The maximum absolute atomic E-state index is 12.4. The second kappa shape index (κ2) is 6.68. The zero-order chi connectivity index (χ0) is 17.3. The van der Waals surface area contributed by atoms with Crippen LogP contribution in [-0.2, 0) is 16.1 Å². The molecule has 0 aliphatic rings. The van der Waals surface area contributed by atoms with E-state index in [2.05, 4.69) is 4.98 Å². The van der Waals surface area contributed by atoms with Crippen molar-refractivity contribution in [1.82, 2.24) is 4.98 Å². The monoisotopic (exact) mass is 356 g/mol. The Hall–Kier alpha value is -1.92. The lowest BCUT2D eigenvalue weighted by Gasteiger charge is -2.12. The molecule has 0 amide bonds. The summed E-state index contributed by atoms with van der Waals surface area (Å²) in [5.74, 6) is -1.27. The number of nitrogens with zero attached hydrogens (tertiary/aromatic N) is 2. The first-order valence-corrected chi connectivity index (χ1v) is 7.56. The summed E-state index contributed by atoms with van der Waals surface area (Å²) in [7, 11) is 0. The topological polar surface area (TPSA) is 83.2 Å². The summed E-state index contributed by atoms with van der Waals surface area (Å²) >= 11 is 11.8. The Labute approximate surface area is 142 Å². The van der Waals surface area contributed by atoms with Crippen molar-refractivity contribution in [1.29, 1.82) is 0 Å². The van der Waals surface area contributed by atoms with E-state index in [1.807, 2.05) is 0 Å². The summed E-state index contributed by atoms with van der Waals surface area (Å²) < 4.78 is 5.51. The summed E-state index contributed by atoms with van der Waals surface area (Å²) in [4.78, 5) is 27.6. The van der Waals surface area contributed by atoms with Crippen molar-refractivity contribution in [2.24, 2.45) is 5.92 Å². The van der Waals surface area contributed by atoms with Gasteiger partial charge in [-0.3, -0.25) is 9.59 Å². The fraction of sp³-hybridized carbons (Fsp3) is 0.333. The zero-order valence-corrected chi connectivity index (χ0v) is 14.2. The molecule has 0 saturated carbocycles. The van der Waals surface area contributed by atoms with E-state index < -0.39 is 11.8 Å². The van der Waals surface area contributed by atoms with Crippen LogP contribution in [0.15, 0.2) is 12.1 Å². The van der Waals surface area contributed by atoms with Crippen LogP contribution in [0.1, 0.15) is 37.0 Å². The molecule has 1 aromatic heterocycles. The number of carbonyl (C=O) groups excluding carboxylic acids is 2. The van der Waals surface area contributed by atoms with Crippen LogP contribution in [0, 0.1) is 11.1 Å². The molecule has 0 atom stereocenters. The third-order valence-corrected chi connectivity index (χ3v) is 3.85. The van der Waals surface area contributed by atoms with E-state index in [0.717, 1.165) is 0 Å². The smallest absolute Gasteiger partial charge is 0.308 e. The Morgan fingerprint density at radius 1 is 1.30 bits per heavy atom. The van der Waals surface area contributed by atoms with Crippen molar-refractivity contribution >= 4 is 46.0 Å². The zero-order valence-electron chi connectivity index (χ0n) is 12.7. The highest BCUT2D eigenvalue weighted by atomic mass is 35.5. The van der Waals surface area contributed by atoms with Crippen LogP contribution >= 0.6 is 23.2 Å². The van der Waals surface area contributed by atoms with Gasteiger partial charge >= 0.3 is 5.97 Å². The van der Waals surface area contributed by atoms with Crippen molar-refractivity contribution in [3.8, 4) is 0 Å². The van der Waals surface area contributed by atoms with Crippen LogP contribution in [0.3, 0.4) is 0 Å². The normalized spacial score (nSPS) is 11.0. The number of benzene rings is 1. The SMILES string of the molecule is CC(=O)c1c(COC(=O)C(C)C)nc2cc(Cl)c(Cl)cc2[n+]1[O-]. The molecule has 0 aliphatic carbocycles. The van der Waals surface area contributed by atoms with Gasteiger partial charge in [-0.1, -0.05) is 37.0 Å². The third kappa shape index (κ3) is 3.54. The number of carbonyl (C=O) groups is 2. The lowest BCUT2D eigenvalue weighted by atomic mass is 10.2. The fourth-order valence-corrected chi connectivity index (χ4v) is 2.28. The molecule has 6 nitrogen and oxygen atoms in total. The molecule has 1 aromatic carbocycles. The Morgan fingerprint density at radius 3 is 2.48 bits per heavy atom. The third-order valence-electron chi connectivity index (χ3n) is 3.12. The van der Waals surface area contributed by atoms with Crippen molar-refractivity contribution in [3.05, 3.63) is 38.8 Å². The van der Waals surface area contributed by atoms with Crippen LogP contribution in [-0.4, -0.2) is 16.7 Å². The van der Waals surface area contributed by atoms with Gasteiger partial charge in [-0.05, 0) is 6.07 Å². The highest BCUT2D eigenvalue weighted by Gasteiger charge is 2.25. The Balaban J connectivity index is 2.58. The predicted octanol–water partition coefficient (Wildman–Crippen LogP) is 3.08. The molecular formula is C15H14Cl2N2O4. The van der Waals surface area contributed by atoms with Crippen molar-refractivity contribution in [3.63, 3.8) is 0 Å². The number of ketones is 1. The Bertz CT molecular complexity index is 806. The molecule has 122 valence electrons. The fourth-order valence-electron chi connectivity index (χ4n) is 1.97. The van der Waals surface area contributed by atoms with Gasteiger partial charge in [0, 0.05) is 13.0 Å². The van der Waals surface area contributed by atoms with E-state index in [4.69, 9.17) is 27.9 Å². The number of ether oxygens (including phenoxy) is 1. The highest BCUT2D eigenvalue weighted by Crippen LogP contribution is 2.26. The second-order valence-electron chi connectivity index (χ2n) is 5.28. The van der Waals surface area contributed by atoms with Gasteiger partial charge < -0.3 is 9.94 Å². The molecule has 8 heteroatoms. The minimum absolute atomic E-state index is 0.0763. The van der Waals surface area contributed by atoms with Crippen LogP contribution in [0.4, 0.5) is 0 Å². The molecule has 0 spiro atoms. The van der Waals surface area contributed by atoms with E-state index in [9.17, 15) is 14.8 Å². The number of fused-ring (bicyclic) bond motifs is 1. The van der Waals surface area contributed by atoms with Crippen molar-refractivity contribution in [2.45, 2.75) is 27.4 Å². The first-order valence-electron chi connectivity index (χ1n) is 6.81. The average molecular weight is 357 g/mol. The molecule has 0 N–H and O–H groups in total. The number of hydrogen-bond acceptors (Lipinski definition) is 5. The minimum Gasteiger partial charge on any atom is -0.618 e. The van der Waals surface area contributed by atoms with Gasteiger partial charge in [0.25, 0.3) is 5.69 Å². The molecule has 0 fully saturated rings. The number of halogens is 2. The maximum atomic E-state index is 12.4. The van der Waals surface area contributed by atoms with Crippen LogP contribution < -0.4 is 4.73 Å². The van der Waals surface area contributed by atoms with Crippen LogP contribution in [0.25, 0.3) is 11.0 Å². The minimum atomic E-state index is -0.490. The maximum Gasteiger partial charge on any atom is 0.308 e. The second-order valence-corrected chi connectivity index (χ2v) is 6.09. The van der Waals surface area contributed by atoms with E-state index in [0.29, 0.717) is 4.73 Å². The highest BCUT2D eigenvalue weighted by molar-refractivity contribution is 6.42. The van der Waals surface area contributed by atoms with Crippen LogP contribution in [0.2, 0.25) is 10.0 Å². The quantitative estimate of drug-likeness (QED) is 0.363. The summed E-state index contributed by atoms with van der Waals surface area (Å²) in [5.41, 5.74) is 0.262.